The van der Waals surface area contributed by atoms with Crippen LogP contribution in [0.5, 0.6) is 40.2 Å². The van der Waals surface area contributed by atoms with E-state index in [4.69, 9.17) is 28.1 Å². The fraction of sp³-hybridized carbons (Fsp3) is 0.375. The molecule has 14 nitrogen and oxygen atoms in total. The van der Waals surface area contributed by atoms with Gasteiger partial charge in [0.2, 0.25) is 34.7 Å². The highest BCUT2D eigenvalue weighted by Crippen LogP contribution is 2.50. The summed E-state index contributed by atoms with van der Waals surface area (Å²) in [6, 6.07) is 3.85. The Hall–Kier alpha value is -3.95. The van der Waals surface area contributed by atoms with E-state index in [0.29, 0.717) is 0 Å². The Labute approximate surface area is 214 Å². The van der Waals surface area contributed by atoms with Crippen molar-refractivity contribution in [3.8, 4) is 51.6 Å². The zero-order valence-corrected chi connectivity index (χ0v) is 20.3. The molecule has 38 heavy (non-hydrogen) atoms. The van der Waals surface area contributed by atoms with Gasteiger partial charge >= 0.3 is 0 Å². The lowest BCUT2D eigenvalue weighted by Crippen LogP contribution is -2.60. The quantitative estimate of drug-likeness (QED) is 0.207. The minimum Gasteiger partial charge on any atom is -0.504 e. The Bertz CT molecular complexity index is 1400. The zero-order chi connectivity index (χ0) is 27.9. The van der Waals surface area contributed by atoms with Gasteiger partial charge in [-0.15, -0.1) is 0 Å². The van der Waals surface area contributed by atoms with Gasteiger partial charge in [-0.2, -0.15) is 0 Å². The molecule has 4 rings (SSSR count). The second-order valence-corrected chi connectivity index (χ2v) is 8.26. The van der Waals surface area contributed by atoms with Crippen molar-refractivity contribution in [3.63, 3.8) is 0 Å². The number of hydrogen-bond acceptors (Lipinski definition) is 14. The summed E-state index contributed by atoms with van der Waals surface area (Å²) in [5, 5.41) is 71.0. The fourth-order valence-electron chi connectivity index (χ4n) is 4.11. The van der Waals surface area contributed by atoms with E-state index < -0.39 is 76.7 Å². The summed E-state index contributed by atoms with van der Waals surface area (Å²) < 4.78 is 32.2. The summed E-state index contributed by atoms with van der Waals surface area (Å²) >= 11 is 0. The number of hydrogen-bond donors (Lipinski definition) is 7. The lowest BCUT2D eigenvalue weighted by atomic mass is 9.99. The van der Waals surface area contributed by atoms with Crippen molar-refractivity contribution in [2.45, 2.75) is 30.7 Å². The number of benzene rings is 2. The molecular weight excluding hydrogens is 512 g/mol. The third kappa shape index (κ3) is 4.27. The maximum absolute atomic E-state index is 13.8. The lowest BCUT2D eigenvalue weighted by molar-refractivity contribution is -0.277. The molecule has 2 aromatic carbocycles. The number of ether oxygens (including phenoxy) is 5. The molecule has 0 spiro atoms. The van der Waals surface area contributed by atoms with Crippen LogP contribution in [0.15, 0.2) is 27.4 Å². The van der Waals surface area contributed by atoms with Crippen molar-refractivity contribution in [2.24, 2.45) is 0 Å². The number of phenolic OH excluding ortho intramolecular Hbond substituents is 3. The normalized spacial score (nSPS) is 23.3. The third-order valence-corrected chi connectivity index (χ3v) is 6.09. The number of phenols is 3. The molecule has 0 bridgehead atoms. The highest BCUT2D eigenvalue weighted by molar-refractivity contribution is 5.96. The summed E-state index contributed by atoms with van der Waals surface area (Å²) in [5.41, 5.74) is -1.36. The van der Waals surface area contributed by atoms with E-state index in [-0.39, 0.29) is 28.6 Å². The average molecular weight is 538 g/mol. The fourth-order valence-corrected chi connectivity index (χ4v) is 4.11. The first-order valence-electron chi connectivity index (χ1n) is 11.1. The van der Waals surface area contributed by atoms with Gasteiger partial charge in [0.15, 0.2) is 28.6 Å². The first kappa shape index (κ1) is 27.1. The molecule has 1 fully saturated rings. The van der Waals surface area contributed by atoms with Crippen LogP contribution in [0.1, 0.15) is 0 Å². The lowest BCUT2D eigenvalue weighted by Gasteiger charge is -2.39. The van der Waals surface area contributed by atoms with Gasteiger partial charge < -0.3 is 63.8 Å². The van der Waals surface area contributed by atoms with Crippen LogP contribution in [0, 0.1) is 0 Å². The van der Waals surface area contributed by atoms with Crippen molar-refractivity contribution >= 4 is 11.0 Å². The molecule has 5 atom stereocenters. The Morgan fingerprint density at radius 2 is 1.55 bits per heavy atom. The zero-order valence-electron chi connectivity index (χ0n) is 20.3. The van der Waals surface area contributed by atoms with Gasteiger partial charge in [0.25, 0.3) is 0 Å². The Morgan fingerprint density at radius 1 is 0.868 bits per heavy atom. The summed E-state index contributed by atoms with van der Waals surface area (Å²) in [6.45, 7) is -0.756. The van der Waals surface area contributed by atoms with Gasteiger partial charge in [0.1, 0.15) is 29.8 Å². The van der Waals surface area contributed by atoms with E-state index in [1.54, 1.807) is 0 Å². The van der Waals surface area contributed by atoms with Crippen molar-refractivity contribution < 1.29 is 63.8 Å². The molecule has 1 saturated heterocycles. The maximum Gasteiger partial charge on any atom is 0.239 e. The monoisotopic (exact) mass is 538 g/mol. The van der Waals surface area contributed by atoms with E-state index >= 15 is 0 Å². The topological polar surface area (TPSA) is 218 Å². The molecular formula is C24H26O14. The van der Waals surface area contributed by atoms with Crippen molar-refractivity contribution in [1.82, 2.24) is 0 Å². The van der Waals surface area contributed by atoms with Crippen LogP contribution >= 0.6 is 0 Å². The summed E-state index contributed by atoms with van der Waals surface area (Å²) in [4.78, 5) is 13.8. The third-order valence-electron chi connectivity index (χ3n) is 6.09. The molecule has 0 saturated carbocycles. The van der Waals surface area contributed by atoms with Gasteiger partial charge in [-0.05, 0) is 18.2 Å². The second-order valence-electron chi connectivity index (χ2n) is 8.26. The molecule has 0 unspecified atom stereocenters. The molecule has 1 aliphatic heterocycles. The largest absolute Gasteiger partial charge is 0.504 e. The van der Waals surface area contributed by atoms with Crippen molar-refractivity contribution in [1.29, 1.82) is 0 Å². The van der Waals surface area contributed by atoms with Crippen LogP contribution in [0.3, 0.4) is 0 Å². The highest BCUT2D eigenvalue weighted by atomic mass is 16.7. The van der Waals surface area contributed by atoms with Gasteiger partial charge in [0.05, 0.1) is 27.9 Å². The van der Waals surface area contributed by atoms with Crippen LogP contribution in [-0.4, -0.2) is 94.4 Å². The molecule has 2 heterocycles. The first-order valence-corrected chi connectivity index (χ1v) is 11.1. The Morgan fingerprint density at radius 3 is 2.16 bits per heavy atom. The van der Waals surface area contributed by atoms with Crippen LogP contribution < -0.4 is 24.4 Å². The van der Waals surface area contributed by atoms with Crippen molar-refractivity contribution in [2.75, 3.05) is 27.9 Å². The van der Waals surface area contributed by atoms with Crippen LogP contribution in [0.25, 0.3) is 22.3 Å². The number of fused-ring (bicyclic) bond motifs is 1. The minimum atomic E-state index is -1.89. The number of aliphatic hydroxyl groups is 4. The predicted octanol–water partition coefficient (Wildman–Crippen LogP) is -0.219. The van der Waals surface area contributed by atoms with Gasteiger partial charge in [-0.3, -0.25) is 4.79 Å². The van der Waals surface area contributed by atoms with E-state index in [1.165, 1.54) is 32.4 Å². The number of rotatable bonds is 7. The SMILES string of the molecule is COc1cc(-c2oc3c(OC)c(O)c(OC)c(O)c3c(=O)c2O[C@@H]2O[C@H](CO)[C@@H](O)[C@H](O)[C@H]2O)ccc1O. The van der Waals surface area contributed by atoms with E-state index in [9.17, 15) is 40.5 Å². The van der Waals surface area contributed by atoms with Crippen LogP contribution in [0.2, 0.25) is 0 Å². The van der Waals surface area contributed by atoms with Gasteiger partial charge in [-0.25, -0.2) is 0 Å². The smallest absolute Gasteiger partial charge is 0.239 e. The molecule has 0 aliphatic carbocycles. The summed E-state index contributed by atoms with van der Waals surface area (Å²) in [7, 11) is 3.59. The molecule has 3 aromatic rings. The molecule has 7 N–H and O–H groups in total. The molecule has 206 valence electrons. The van der Waals surface area contributed by atoms with Crippen LogP contribution in [-0.2, 0) is 4.74 Å². The van der Waals surface area contributed by atoms with E-state index in [2.05, 4.69) is 0 Å². The Balaban J connectivity index is 2.03. The first-order chi connectivity index (χ1) is 18.1. The predicted molar refractivity (Wildman–Crippen MR) is 127 cm³/mol. The number of aliphatic hydroxyl groups excluding tert-OH is 4. The second kappa shape index (κ2) is 10.4. The summed E-state index contributed by atoms with van der Waals surface area (Å²) in [6.07, 6.45) is -8.55. The minimum absolute atomic E-state index is 0.0172. The van der Waals surface area contributed by atoms with E-state index in [0.717, 1.165) is 7.11 Å². The van der Waals surface area contributed by atoms with E-state index in [1.807, 2.05) is 0 Å². The Kier molecular flexibility index (Phi) is 7.44. The van der Waals surface area contributed by atoms with Crippen molar-refractivity contribution in [3.05, 3.63) is 28.4 Å². The number of aromatic hydroxyl groups is 3. The molecule has 0 amide bonds. The standard InChI is InChI=1S/C24H26O14/c1-33-10-6-8(4-5-9(10)26)19-23(38-24-17(31)16(30)13(27)11(7-25)36-24)15(29)12-14(28)21(34-2)18(32)22(35-3)20(12)37-19/h4-6,11,13,16-17,24-28,30-32H,7H2,1-3H3/t11-,13-,16+,17-,24+/m1/s1. The van der Waals surface area contributed by atoms with Gasteiger partial charge in [-0.1, -0.05) is 0 Å². The molecule has 1 aromatic heterocycles. The van der Waals surface area contributed by atoms with Crippen LogP contribution in [0.4, 0.5) is 0 Å². The van der Waals surface area contributed by atoms with Gasteiger partial charge in [0, 0.05) is 5.56 Å². The summed E-state index contributed by atoms with van der Waals surface area (Å²) in [5.74, 6) is -3.61. The number of methoxy groups -OCH3 is 3. The maximum atomic E-state index is 13.8. The molecule has 1 aliphatic rings. The molecule has 0 radical (unpaired) electrons. The highest BCUT2D eigenvalue weighted by Gasteiger charge is 2.45. The molecule has 14 heteroatoms. The average Bonchev–Trinajstić information content (AvgIpc) is 2.90.